The van der Waals surface area contributed by atoms with E-state index in [2.05, 4.69) is 14.2 Å². The smallest absolute Gasteiger partial charge is 0.403 e. The van der Waals surface area contributed by atoms with Crippen molar-refractivity contribution in [2.24, 2.45) is 0 Å². The minimum atomic E-state index is -4.11. The zero-order chi connectivity index (χ0) is 16.2. The van der Waals surface area contributed by atoms with Crippen molar-refractivity contribution in [2.45, 2.75) is 38.9 Å². The third-order valence-electron chi connectivity index (χ3n) is 2.71. The number of alkyl halides is 2. The van der Waals surface area contributed by atoms with E-state index in [0.717, 1.165) is 0 Å². The number of carbonyl (C=O) groups excluding carboxylic acids is 3. The minimum absolute atomic E-state index is 0.0380. The molecule has 1 saturated heterocycles. The predicted molar refractivity (Wildman–Crippen MR) is 64.3 cm³/mol. The average molecular weight is 309 g/mol. The van der Waals surface area contributed by atoms with Gasteiger partial charge in [0, 0.05) is 0 Å². The fourth-order valence-electron chi connectivity index (χ4n) is 1.84. The highest BCUT2D eigenvalue weighted by Gasteiger charge is 2.71. The second-order valence-electron chi connectivity index (χ2n) is 4.06. The van der Waals surface area contributed by atoms with Gasteiger partial charge >= 0.3 is 24.0 Å². The van der Waals surface area contributed by atoms with E-state index >= 15 is 0 Å². The molecular formula is C12H17F2NO6. The van der Waals surface area contributed by atoms with E-state index in [0.29, 0.717) is 0 Å². The largest absolute Gasteiger partial charge is 0.465 e. The molecule has 1 aliphatic heterocycles. The lowest BCUT2D eigenvalue weighted by Crippen LogP contribution is -2.42. The molecule has 1 fully saturated rings. The summed E-state index contributed by atoms with van der Waals surface area (Å²) in [5, 5.41) is 0. The lowest BCUT2D eigenvalue weighted by atomic mass is 10.3. The highest BCUT2D eigenvalue weighted by molar-refractivity contribution is 5.95. The van der Waals surface area contributed by atoms with Gasteiger partial charge < -0.3 is 14.2 Å². The molecule has 0 aliphatic carbocycles. The highest BCUT2D eigenvalue weighted by atomic mass is 19.3. The van der Waals surface area contributed by atoms with Crippen LogP contribution in [0.25, 0.3) is 0 Å². The molecule has 0 aromatic heterocycles. The number of hydrogen-bond acceptors (Lipinski definition) is 7. The zero-order valence-corrected chi connectivity index (χ0v) is 11.9. The molecule has 120 valence electrons. The molecule has 9 heteroatoms. The molecule has 0 radical (unpaired) electrons. The molecule has 7 nitrogen and oxygen atoms in total. The zero-order valence-electron chi connectivity index (χ0n) is 11.9. The minimum Gasteiger partial charge on any atom is -0.465 e. The van der Waals surface area contributed by atoms with Crippen LogP contribution in [0.3, 0.4) is 0 Å². The number of esters is 3. The maximum absolute atomic E-state index is 13.9. The molecule has 1 heterocycles. The molecule has 21 heavy (non-hydrogen) atoms. The number of rotatable bonds is 7. The lowest BCUT2D eigenvalue weighted by molar-refractivity contribution is -0.192. The molecule has 0 saturated carbocycles. The molecular weight excluding hydrogens is 292 g/mol. The van der Waals surface area contributed by atoms with Gasteiger partial charge in [-0.05, 0) is 20.8 Å². The number of ether oxygens (including phenoxy) is 3. The molecule has 0 aromatic rings. The number of carbonyl (C=O) groups is 3. The van der Waals surface area contributed by atoms with Crippen LogP contribution in [-0.2, 0) is 28.6 Å². The van der Waals surface area contributed by atoms with Crippen molar-refractivity contribution in [1.29, 1.82) is 0 Å². The molecule has 2 atom stereocenters. The number of hydrogen-bond donors (Lipinski definition) is 0. The quantitative estimate of drug-likeness (QED) is 0.290. The molecule has 0 bridgehead atoms. The maximum Gasteiger partial charge on any atom is 0.403 e. The fraction of sp³-hybridized carbons (Fsp3) is 0.750. The standard InChI is InChI=1S/C12H17F2NO6/c1-4-19-9(16)7-8(10(17)20-5-2)15(7)12(13,14)11(18)21-6-3/h7-8H,4-6H2,1-3H3/t7-,8-/m0/s1. The summed E-state index contributed by atoms with van der Waals surface area (Å²) < 4.78 is 41.3. The van der Waals surface area contributed by atoms with Crippen molar-refractivity contribution in [1.82, 2.24) is 4.90 Å². The van der Waals surface area contributed by atoms with Crippen LogP contribution in [0.5, 0.6) is 0 Å². The molecule has 1 aliphatic rings. The Morgan fingerprint density at radius 1 is 0.905 bits per heavy atom. The third kappa shape index (κ3) is 3.46. The summed E-state index contributed by atoms with van der Waals surface area (Å²) in [4.78, 5) is 34.6. The van der Waals surface area contributed by atoms with Crippen LogP contribution in [0.1, 0.15) is 20.8 Å². The molecule has 1 rings (SSSR count). The fourth-order valence-corrected chi connectivity index (χ4v) is 1.84. The van der Waals surface area contributed by atoms with E-state index in [4.69, 9.17) is 0 Å². The van der Waals surface area contributed by atoms with E-state index in [9.17, 15) is 23.2 Å². The Kier molecular flexibility index (Phi) is 5.59. The first-order chi connectivity index (χ1) is 9.82. The molecule has 0 spiro atoms. The Balaban J connectivity index is 2.93. The topological polar surface area (TPSA) is 81.9 Å². The van der Waals surface area contributed by atoms with Crippen LogP contribution >= 0.6 is 0 Å². The molecule has 0 amide bonds. The summed E-state index contributed by atoms with van der Waals surface area (Å²) in [6.07, 6.45) is 0. The van der Waals surface area contributed by atoms with Crippen LogP contribution in [0.15, 0.2) is 0 Å². The van der Waals surface area contributed by atoms with Gasteiger partial charge in [-0.2, -0.15) is 8.78 Å². The van der Waals surface area contributed by atoms with Crippen molar-refractivity contribution in [3.63, 3.8) is 0 Å². The van der Waals surface area contributed by atoms with Gasteiger partial charge in [0.25, 0.3) is 0 Å². The van der Waals surface area contributed by atoms with Gasteiger partial charge in [-0.15, -0.1) is 0 Å². The summed E-state index contributed by atoms with van der Waals surface area (Å²) >= 11 is 0. The van der Waals surface area contributed by atoms with Gasteiger partial charge in [-0.25, -0.2) is 9.69 Å². The van der Waals surface area contributed by atoms with Crippen molar-refractivity contribution >= 4 is 17.9 Å². The highest BCUT2D eigenvalue weighted by Crippen LogP contribution is 2.41. The van der Waals surface area contributed by atoms with Crippen LogP contribution < -0.4 is 0 Å². The second kappa shape index (κ2) is 6.79. The van der Waals surface area contributed by atoms with Gasteiger partial charge in [0.05, 0.1) is 19.8 Å². The molecule has 0 unspecified atom stereocenters. The first kappa shape index (κ1) is 17.3. The SMILES string of the molecule is CCOC(=O)[C@@H]1[C@@H](C(=O)OCC)N1C(F)(F)C(=O)OCC. The van der Waals surface area contributed by atoms with Gasteiger partial charge in [0.1, 0.15) is 12.1 Å². The Labute approximate surface area is 120 Å². The van der Waals surface area contributed by atoms with Gasteiger partial charge in [-0.1, -0.05) is 0 Å². The molecule has 0 N–H and O–H groups in total. The first-order valence-electron chi connectivity index (χ1n) is 6.49. The van der Waals surface area contributed by atoms with Crippen LogP contribution in [0.4, 0.5) is 8.78 Å². The van der Waals surface area contributed by atoms with E-state index in [1.807, 2.05) is 0 Å². The maximum atomic E-state index is 13.9. The normalized spacial score (nSPS) is 24.1. The Morgan fingerprint density at radius 3 is 1.62 bits per heavy atom. The van der Waals surface area contributed by atoms with E-state index in [1.54, 1.807) is 0 Å². The summed E-state index contributed by atoms with van der Waals surface area (Å²) in [5.74, 6) is -3.86. The predicted octanol–water partition coefficient (Wildman–Crippen LogP) is 0.321. The summed E-state index contributed by atoms with van der Waals surface area (Å²) in [6.45, 7) is 4.02. The average Bonchev–Trinajstić information content (AvgIpc) is 3.15. The third-order valence-corrected chi connectivity index (χ3v) is 2.71. The van der Waals surface area contributed by atoms with Crippen LogP contribution in [0.2, 0.25) is 0 Å². The van der Waals surface area contributed by atoms with E-state index in [-0.39, 0.29) is 24.7 Å². The number of nitrogens with zero attached hydrogens (tertiary/aromatic N) is 1. The summed E-state index contributed by atoms with van der Waals surface area (Å²) in [7, 11) is 0. The molecule has 0 aromatic carbocycles. The van der Waals surface area contributed by atoms with Gasteiger partial charge in [0.2, 0.25) is 0 Å². The van der Waals surface area contributed by atoms with Crippen LogP contribution in [0, 0.1) is 0 Å². The first-order valence-corrected chi connectivity index (χ1v) is 6.49. The monoisotopic (exact) mass is 309 g/mol. The van der Waals surface area contributed by atoms with E-state index < -0.39 is 36.0 Å². The number of halogens is 2. The van der Waals surface area contributed by atoms with Crippen LogP contribution in [-0.4, -0.2) is 60.8 Å². The van der Waals surface area contributed by atoms with Crippen molar-refractivity contribution in [3.8, 4) is 0 Å². The van der Waals surface area contributed by atoms with E-state index in [1.165, 1.54) is 20.8 Å². The second-order valence-corrected chi connectivity index (χ2v) is 4.06. The van der Waals surface area contributed by atoms with Gasteiger partial charge in [0.15, 0.2) is 0 Å². The Morgan fingerprint density at radius 2 is 1.29 bits per heavy atom. The Hall–Kier alpha value is -1.77. The van der Waals surface area contributed by atoms with Gasteiger partial charge in [-0.3, -0.25) is 9.59 Å². The van der Waals surface area contributed by atoms with Crippen molar-refractivity contribution in [3.05, 3.63) is 0 Å². The summed E-state index contributed by atoms with van der Waals surface area (Å²) in [6, 6.07) is -7.21. The van der Waals surface area contributed by atoms with Crippen molar-refractivity contribution < 1.29 is 37.4 Å². The Bertz CT molecular complexity index is 404. The summed E-state index contributed by atoms with van der Waals surface area (Å²) in [5.41, 5.74) is 0. The lowest BCUT2D eigenvalue weighted by Gasteiger charge is -2.16. The van der Waals surface area contributed by atoms with Crippen molar-refractivity contribution in [2.75, 3.05) is 19.8 Å².